The Morgan fingerprint density at radius 3 is 2.67 bits per heavy atom. The number of carbonyl (C=O) groups is 1. The molecule has 0 unspecified atom stereocenters. The molecule has 3 rings (SSSR count). The standard InChI is InChI=1S/C19H23N3O2/c1-24-16-6-4-5-15(13-16)21-18-8-3-2-7-17(18)19(23)22-11-9-14(20)10-12-22/h2-8,13-14,21H,9-12,20H2,1H3. The summed E-state index contributed by atoms with van der Waals surface area (Å²) in [5.74, 6) is 0.821. The molecule has 5 nitrogen and oxygen atoms in total. The van der Waals surface area contributed by atoms with Crippen molar-refractivity contribution in [2.45, 2.75) is 18.9 Å². The van der Waals surface area contributed by atoms with E-state index in [2.05, 4.69) is 5.32 Å². The smallest absolute Gasteiger partial charge is 0.255 e. The molecule has 1 amide bonds. The van der Waals surface area contributed by atoms with Crippen LogP contribution in [0, 0.1) is 0 Å². The number of para-hydroxylation sites is 1. The van der Waals surface area contributed by atoms with E-state index in [1.165, 1.54) is 0 Å². The van der Waals surface area contributed by atoms with Crippen LogP contribution >= 0.6 is 0 Å². The van der Waals surface area contributed by atoms with Crippen molar-refractivity contribution in [2.24, 2.45) is 5.73 Å². The highest BCUT2D eigenvalue weighted by Gasteiger charge is 2.23. The minimum absolute atomic E-state index is 0.0490. The van der Waals surface area contributed by atoms with Gasteiger partial charge in [0.15, 0.2) is 0 Å². The number of amides is 1. The SMILES string of the molecule is COc1cccc(Nc2ccccc2C(=O)N2CCC(N)CC2)c1. The molecule has 1 heterocycles. The number of benzene rings is 2. The Morgan fingerprint density at radius 1 is 1.17 bits per heavy atom. The van der Waals surface area contributed by atoms with E-state index in [1.807, 2.05) is 53.4 Å². The summed E-state index contributed by atoms with van der Waals surface area (Å²) in [6.07, 6.45) is 1.72. The van der Waals surface area contributed by atoms with Crippen molar-refractivity contribution in [1.29, 1.82) is 0 Å². The van der Waals surface area contributed by atoms with Gasteiger partial charge in [-0.3, -0.25) is 4.79 Å². The van der Waals surface area contributed by atoms with E-state index in [0.717, 1.165) is 30.0 Å². The van der Waals surface area contributed by atoms with Crippen molar-refractivity contribution in [3.63, 3.8) is 0 Å². The quantitative estimate of drug-likeness (QED) is 0.907. The summed E-state index contributed by atoms with van der Waals surface area (Å²) in [4.78, 5) is 14.7. The van der Waals surface area contributed by atoms with Gasteiger partial charge in [0.1, 0.15) is 5.75 Å². The maximum atomic E-state index is 12.9. The number of rotatable bonds is 4. The second-order valence-corrected chi connectivity index (χ2v) is 6.03. The molecule has 1 aliphatic rings. The first-order valence-electron chi connectivity index (χ1n) is 8.22. The molecule has 0 radical (unpaired) electrons. The highest BCUT2D eigenvalue weighted by molar-refractivity contribution is 6.00. The fourth-order valence-electron chi connectivity index (χ4n) is 2.91. The van der Waals surface area contributed by atoms with Gasteiger partial charge in [0.05, 0.1) is 18.4 Å². The Labute approximate surface area is 142 Å². The van der Waals surface area contributed by atoms with Gasteiger partial charge in [0.25, 0.3) is 5.91 Å². The van der Waals surface area contributed by atoms with Gasteiger partial charge < -0.3 is 20.7 Å². The van der Waals surface area contributed by atoms with Crippen LogP contribution in [0.2, 0.25) is 0 Å². The van der Waals surface area contributed by atoms with Crippen LogP contribution in [-0.4, -0.2) is 37.0 Å². The van der Waals surface area contributed by atoms with Gasteiger partial charge in [-0.05, 0) is 37.1 Å². The predicted molar refractivity (Wildman–Crippen MR) is 95.8 cm³/mol. The molecule has 5 heteroatoms. The van der Waals surface area contributed by atoms with Gasteiger partial charge in [-0.25, -0.2) is 0 Å². The molecule has 1 fully saturated rings. The summed E-state index contributed by atoms with van der Waals surface area (Å²) in [5.41, 5.74) is 8.29. The monoisotopic (exact) mass is 325 g/mol. The van der Waals surface area contributed by atoms with Gasteiger partial charge in [0, 0.05) is 30.9 Å². The molecule has 0 atom stereocenters. The maximum absolute atomic E-state index is 12.9. The number of nitrogens with two attached hydrogens (primary N) is 1. The van der Waals surface area contributed by atoms with Gasteiger partial charge in [-0.1, -0.05) is 18.2 Å². The van der Waals surface area contributed by atoms with E-state index in [1.54, 1.807) is 7.11 Å². The number of carbonyl (C=O) groups excluding carboxylic acids is 1. The number of likely N-dealkylation sites (tertiary alicyclic amines) is 1. The van der Waals surface area contributed by atoms with Crippen molar-refractivity contribution in [3.05, 3.63) is 54.1 Å². The van der Waals surface area contributed by atoms with Crippen LogP contribution in [-0.2, 0) is 0 Å². The molecule has 0 aromatic heterocycles. The molecule has 3 N–H and O–H groups in total. The van der Waals surface area contributed by atoms with Crippen molar-refractivity contribution >= 4 is 17.3 Å². The molecule has 24 heavy (non-hydrogen) atoms. The van der Waals surface area contributed by atoms with Gasteiger partial charge >= 0.3 is 0 Å². The summed E-state index contributed by atoms with van der Waals surface area (Å²) < 4.78 is 5.25. The first kappa shape index (κ1) is 16.3. The molecule has 1 saturated heterocycles. The minimum Gasteiger partial charge on any atom is -0.497 e. The van der Waals surface area contributed by atoms with Gasteiger partial charge in [-0.2, -0.15) is 0 Å². The Morgan fingerprint density at radius 2 is 1.92 bits per heavy atom. The average molecular weight is 325 g/mol. The number of hydrogen-bond acceptors (Lipinski definition) is 4. The topological polar surface area (TPSA) is 67.6 Å². The summed E-state index contributed by atoms with van der Waals surface area (Å²) in [6.45, 7) is 1.43. The molecule has 0 spiro atoms. The second kappa shape index (κ2) is 7.36. The zero-order valence-electron chi connectivity index (χ0n) is 13.9. The van der Waals surface area contributed by atoms with Crippen LogP contribution < -0.4 is 15.8 Å². The number of ether oxygens (including phenoxy) is 1. The lowest BCUT2D eigenvalue weighted by Gasteiger charge is -2.30. The number of hydrogen-bond donors (Lipinski definition) is 2. The number of anilines is 2. The van der Waals surface area contributed by atoms with E-state index in [4.69, 9.17) is 10.5 Å². The highest BCUT2D eigenvalue weighted by Crippen LogP contribution is 2.25. The minimum atomic E-state index is 0.0490. The fraction of sp³-hybridized carbons (Fsp3) is 0.316. The third-order valence-electron chi connectivity index (χ3n) is 4.33. The maximum Gasteiger partial charge on any atom is 0.255 e. The fourth-order valence-corrected chi connectivity index (χ4v) is 2.91. The second-order valence-electron chi connectivity index (χ2n) is 6.03. The molecule has 2 aromatic rings. The van der Waals surface area contributed by atoms with E-state index < -0.39 is 0 Å². The lowest BCUT2D eigenvalue weighted by Crippen LogP contribution is -2.43. The van der Waals surface area contributed by atoms with E-state index in [0.29, 0.717) is 18.7 Å². The third kappa shape index (κ3) is 3.68. The predicted octanol–water partition coefficient (Wildman–Crippen LogP) is 3.00. The lowest BCUT2D eigenvalue weighted by atomic mass is 10.0. The number of nitrogens with one attached hydrogen (secondary N) is 1. The molecule has 0 saturated carbocycles. The molecule has 0 bridgehead atoms. The van der Waals surface area contributed by atoms with Crippen molar-refractivity contribution in [2.75, 3.05) is 25.5 Å². The number of piperidine rings is 1. The first-order valence-corrected chi connectivity index (χ1v) is 8.22. The van der Waals surface area contributed by atoms with Crippen LogP contribution in [0.1, 0.15) is 23.2 Å². The zero-order chi connectivity index (χ0) is 16.9. The van der Waals surface area contributed by atoms with Crippen LogP contribution in [0.4, 0.5) is 11.4 Å². The summed E-state index contributed by atoms with van der Waals surface area (Å²) in [5, 5.41) is 3.32. The molecule has 2 aromatic carbocycles. The zero-order valence-corrected chi connectivity index (χ0v) is 13.9. The molecule has 0 aliphatic carbocycles. The van der Waals surface area contributed by atoms with Crippen molar-refractivity contribution in [1.82, 2.24) is 4.90 Å². The summed E-state index contributed by atoms with van der Waals surface area (Å²) >= 11 is 0. The average Bonchev–Trinajstić information content (AvgIpc) is 2.62. The summed E-state index contributed by atoms with van der Waals surface area (Å²) in [7, 11) is 1.64. The van der Waals surface area contributed by atoms with Crippen LogP contribution in [0.15, 0.2) is 48.5 Å². The van der Waals surface area contributed by atoms with Gasteiger partial charge in [-0.15, -0.1) is 0 Å². The van der Waals surface area contributed by atoms with E-state index in [-0.39, 0.29) is 11.9 Å². The Hall–Kier alpha value is -2.53. The highest BCUT2D eigenvalue weighted by atomic mass is 16.5. The Balaban J connectivity index is 1.81. The normalized spacial score (nSPS) is 15.2. The number of nitrogens with zero attached hydrogens (tertiary/aromatic N) is 1. The van der Waals surface area contributed by atoms with Crippen molar-refractivity contribution < 1.29 is 9.53 Å². The molecular formula is C19H23N3O2. The van der Waals surface area contributed by atoms with E-state index >= 15 is 0 Å². The Bertz CT molecular complexity index is 709. The van der Waals surface area contributed by atoms with Crippen LogP contribution in [0.5, 0.6) is 5.75 Å². The molecule has 126 valence electrons. The van der Waals surface area contributed by atoms with Crippen LogP contribution in [0.3, 0.4) is 0 Å². The summed E-state index contributed by atoms with van der Waals surface area (Å²) in [6, 6.07) is 15.5. The van der Waals surface area contributed by atoms with Crippen LogP contribution in [0.25, 0.3) is 0 Å². The molecular weight excluding hydrogens is 302 g/mol. The lowest BCUT2D eigenvalue weighted by molar-refractivity contribution is 0.0716. The van der Waals surface area contributed by atoms with E-state index in [9.17, 15) is 4.79 Å². The largest absolute Gasteiger partial charge is 0.497 e. The Kier molecular flexibility index (Phi) is 5.01. The van der Waals surface area contributed by atoms with Gasteiger partial charge in [0.2, 0.25) is 0 Å². The van der Waals surface area contributed by atoms with Crippen molar-refractivity contribution in [3.8, 4) is 5.75 Å². The number of methoxy groups -OCH3 is 1. The first-order chi connectivity index (χ1) is 11.7. The molecule has 1 aliphatic heterocycles. The third-order valence-corrected chi connectivity index (χ3v) is 4.33.